The van der Waals surface area contributed by atoms with Crippen LogP contribution in [0.1, 0.15) is 0 Å². The molecule has 7 heteroatoms. The fraction of sp³-hybridized carbons (Fsp3) is 0.154. The van der Waals surface area contributed by atoms with Crippen LogP contribution in [0.2, 0.25) is 5.02 Å². The Balaban J connectivity index is 2.27. The van der Waals surface area contributed by atoms with E-state index < -0.39 is 10.0 Å². The fourth-order valence-electron chi connectivity index (χ4n) is 1.60. The zero-order valence-electron chi connectivity index (χ0n) is 11.0. The molecule has 2 rings (SSSR count). The van der Waals surface area contributed by atoms with Crippen LogP contribution in [0.4, 0.5) is 11.4 Å². The minimum absolute atomic E-state index is 0.0432. The highest BCUT2D eigenvalue weighted by atomic mass is 35.5. The van der Waals surface area contributed by atoms with Gasteiger partial charge in [-0.15, -0.1) is 0 Å². The summed E-state index contributed by atoms with van der Waals surface area (Å²) in [7, 11) is 0.0874. The summed E-state index contributed by atoms with van der Waals surface area (Å²) in [6.45, 7) is 0. The molecule has 0 saturated carbocycles. The summed E-state index contributed by atoms with van der Waals surface area (Å²) in [6.07, 6.45) is 2.66. The number of sulfonamides is 1. The monoisotopic (exact) mass is 311 g/mol. The van der Waals surface area contributed by atoms with Gasteiger partial charge < -0.3 is 4.90 Å². The Morgan fingerprint density at radius 3 is 2.35 bits per heavy atom. The molecule has 0 amide bonds. The number of anilines is 2. The van der Waals surface area contributed by atoms with Crippen LogP contribution in [-0.2, 0) is 10.0 Å². The lowest BCUT2D eigenvalue weighted by Gasteiger charge is -2.13. The summed E-state index contributed by atoms with van der Waals surface area (Å²) in [5, 5.41) is 0.136. The van der Waals surface area contributed by atoms with Crippen LogP contribution in [-0.4, -0.2) is 27.5 Å². The predicted octanol–water partition coefficient (Wildman–Crippen LogP) is 2.60. The van der Waals surface area contributed by atoms with Crippen molar-refractivity contribution in [2.24, 2.45) is 0 Å². The lowest BCUT2D eigenvalue weighted by molar-refractivity contribution is 0.601. The van der Waals surface area contributed by atoms with E-state index >= 15 is 0 Å². The number of benzene rings is 1. The first-order valence-corrected chi connectivity index (χ1v) is 7.66. The molecule has 0 bridgehead atoms. The average Bonchev–Trinajstić information content (AvgIpc) is 2.39. The van der Waals surface area contributed by atoms with Gasteiger partial charge in [0.25, 0.3) is 10.0 Å². The van der Waals surface area contributed by atoms with Crippen molar-refractivity contribution in [1.82, 2.24) is 4.98 Å². The second-order valence-electron chi connectivity index (χ2n) is 4.35. The van der Waals surface area contributed by atoms with Gasteiger partial charge in [-0.2, -0.15) is 0 Å². The second-order valence-corrected chi connectivity index (χ2v) is 6.41. The van der Waals surface area contributed by atoms with Gasteiger partial charge in [0.2, 0.25) is 0 Å². The highest BCUT2D eigenvalue weighted by molar-refractivity contribution is 7.92. The number of aromatic nitrogens is 1. The van der Waals surface area contributed by atoms with E-state index in [4.69, 9.17) is 11.6 Å². The number of rotatable bonds is 4. The minimum atomic E-state index is -3.74. The minimum Gasteiger partial charge on any atom is -0.378 e. The first-order chi connectivity index (χ1) is 9.40. The van der Waals surface area contributed by atoms with Crippen molar-refractivity contribution >= 4 is 33.0 Å². The molecular weight excluding hydrogens is 298 g/mol. The van der Waals surface area contributed by atoms with E-state index in [1.165, 1.54) is 18.5 Å². The lowest BCUT2D eigenvalue weighted by Crippen LogP contribution is -2.14. The molecule has 2 aromatic rings. The topological polar surface area (TPSA) is 62.3 Å². The first-order valence-electron chi connectivity index (χ1n) is 5.80. The number of nitrogens with one attached hydrogen (secondary N) is 1. The summed E-state index contributed by atoms with van der Waals surface area (Å²) in [4.78, 5) is 5.66. The van der Waals surface area contributed by atoms with Gasteiger partial charge in [-0.25, -0.2) is 8.42 Å². The maximum atomic E-state index is 12.2. The van der Waals surface area contributed by atoms with Crippen molar-refractivity contribution in [2.45, 2.75) is 4.90 Å². The normalized spacial score (nSPS) is 11.2. The van der Waals surface area contributed by atoms with E-state index in [0.717, 1.165) is 5.69 Å². The van der Waals surface area contributed by atoms with Crippen molar-refractivity contribution in [3.05, 3.63) is 47.7 Å². The molecule has 0 aliphatic heterocycles. The Bertz CT molecular complexity index is 700. The third-order valence-corrected chi connectivity index (χ3v) is 4.51. The summed E-state index contributed by atoms with van der Waals surface area (Å²) >= 11 is 5.88. The smallest absolute Gasteiger partial charge is 0.264 e. The van der Waals surface area contributed by atoms with Crippen LogP contribution in [0.25, 0.3) is 0 Å². The van der Waals surface area contributed by atoms with E-state index in [1.54, 1.807) is 12.1 Å². The van der Waals surface area contributed by atoms with Crippen LogP contribution in [0.15, 0.2) is 47.6 Å². The fourth-order valence-corrected chi connectivity index (χ4v) is 3.09. The number of pyridine rings is 1. The highest BCUT2D eigenvalue weighted by Gasteiger charge is 2.18. The molecule has 0 spiro atoms. The Kier molecular flexibility index (Phi) is 4.15. The van der Waals surface area contributed by atoms with E-state index in [2.05, 4.69) is 9.71 Å². The molecule has 0 aliphatic carbocycles. The molecule has 0 radical (unpaired) electrons. The zero-order chi connectivity index (χ0) is 14.8. The van der Waals surface area contributed by atoms with Gasteiger partial charge in [-0.05, 0) is 30.3 Å². The van der Waals surface area contributed by atoms with Gasteiger partial charge >= 0.3 is 0 Å². The molecule has 1 aromatic heterocycles. The largest absolute Gasteiger partial charge is 0.378 e. The van der Waals surface area contributed by atoms with Crippen LogP contribution in [0, 0.1) is 0 Å². The number of halogens is 1. The third-order valence-electron chi connectivity index (χ3n) is 2.66. The predicted molar refractivity (Wildman–Crippen MR) is 80.8 cm³/mol. The number of nitrogens with zero attached hydrogens (tertiary/aromatic N) is 2. The van der Waals surface area contributed by atoms with Gasteiger partial charge in [0.05, 0.1) is 5.02 Å². The van der Waals surface area contributed by atoms with Gasteiger partial charge in [0, 0.05) is 37.9 Å². The van der Waals surface area contributed by atoms with Gasteiger partial charge in [0.1, 0.15) is 4.90 Å². The van der Waals surface area contributed by atoms with Crippen LogP contribution in [0.5, 0.6) is 0 Å². The summed E-state index contributed by atoms with van der Waals surface area (Å²) in [6, 6.07) is 8.46. The third kappa shape index (κ3) is 3.20. The zero-order valence-corrected chi connectivity index (χ0v) is 12.6. The number of hydrogen-bond donors (Lipinski definition) is 1. The number of hydrogen-bond acceptors (Lipinski definition) is 4. The van der Waals surface area contributed by atoms with Gasteiger partial charge in [-0.3, -0.25) is 9.71 Å². The van der Waals surface area contributed by atoms with Gasteiger partial charge in [0.15, 0.2) is 0 Å². The molecule has 1 heterocycles. The lowest BCUT2D eigenvalue weighted by atomic mass is 10.3. The average molecular weight is 312 g/mol. The Hall–Kier alpha value is -1.79. The van der Waals surface area contributed by atoms with E-state index in [1.807, 2.05) is 31.1 Å². The van der Waals surface area contributed by atoms with Crippen molar-refractivity contribution in [3.63, 3.8) is 0 Å². The Morgan fingerprint density at radius 1 is 1.15 bits per heavy atom. The van der Waals surface area contributed by atoms with Gasteiger partial charge in [-0.1, -0.05) is 11.6 Å². The highest BCUT2D eigenvalue weighted by Crippen LogP contribution is 2.23. The molecule has 0 aliphatic rings. The molecule has 0 saturated heterocycles. The second kappa shape index (κ2) is 5.68. The summed E-state index contributed by atoms with van der Waals surface area (Å²) in [5.74, 6) is 0. The van der Waals surface area contributed by atoms with E-state index in [9.17, 15) is 8.42 Å². The van der Waals surface area contributed by atoms with Crippen LogP contribution >= 0.6 is 11.6 Å². The summed E-state index contributed by atoms with van der Waals surface area (Å²) < 4.78 is 26.9. The van der Waals surface area contributed by atoms with Crippen LogP contribution < -0.4 is 9.62 Å². The molecule has 1 aromatic carbocycles. The standard InChI is InChI=1S/C13H14ClN3O2S/c1-17(2)11-5-3-10(4-6-11)16-20(18,19)13-9-15-8-7-12(13)14/h3-9,16H,1-2H3. The molecule has 0 atom stereocenters. The maximum Gasteiger partial charge on any atom is 0.264 e. The molecule has 1 N–H and O–H groups in total. The Labute approximate surface area is 123 Å². The Morgan fingerprint density at radius 2 is 1.80 bits per heavy atom. The molecule has 0 fully saturated rings. The molecule has 20 heavy (non-hydrogen) atoms. The summed E-state index contributed by atoms with van der Waals surface area (Å²) in [5.41, 5.74) is 1.45. The van der Waals surface area contributed by atoms with Crippen LogP contribution in [0.3, 0.4) is 0 Å². The molecule has 5 nitrogen and oxygen atoms in total. The molecule has 106 valence electrons. The van der Waals surface area contributed by atoms with Crippen molar-refractivity contribution < 1.29 is 8.42 Å². The van der Waals surface area contributed by atoms with Crippen molar-refractivity contribution in [3.8, 4) is 0 Å². The first kappa shape index (κ1) is 14.6. The SMILES string of the molecule is CN(C)c1ccc(NS(=O)(=O)c2cnccc2Cl)cc1. The quantitative estimate of drug-likeness (QED) is 0.942. The van der Waals surface area contributed by atoms with E-state index in [-0.39, 0.29) is 9.92 Å². The van der Waals surface area contributed by atoms with E-state index in [0.29, 0.717) is 5.69 Å². The molecular formula is C13H14ClN3O2S. The maximum absolute atomic E-state index is 12.2. The van der Waals surface area contributed by atoms with Crippen molar-refractivity contribution in [2.75, 3.05) is 23.7 Å². The molecule has 0 unspecified atom stereocenters. The van der Waals surface area contributed by atoms with Crippen molar-refractivity contribution in [1.29, 1.82) is 0 Å².